The Bertz CT molecular complexity index is 747. The zero-order chi connectivity index (χ0) is 17.7. The third-order valence-corrected chi connectivity index (χ3v) is 4.07. The van der Waals surface area contributed by atoms with Gasteiger partial charge in [-0.3, -0.25) is 4.79 Å². The highest BCUT2D eigenvalue weighted by Crippen LogP contribution is 2.18. The smallest absolute Gasteiger partial charge is 0.328 e. The van der Waals surface area contributed by atoms with E-state index in [9.17, 15) is 18.4 Å². The molecule has 24 heavy (non-hydrogen) atoms. The number of esters is 1. The van der Waals surface area contributed by atoms with Crippen molar-refractivity contribution in [1.82, 2.24) is 5.32 Å². The van der Waals surface area contributed by atoms with Crippen molar-refractivity contribution in [2.75, 3.05) is 7.11 Å². The van der Waals surface area contributed by atoms with Crippen molar-refractivity contribution in [2.45, 2.75) is 12.5 Å². The third kappa shape index (κ3) is 4.61. The Hall–Kier alpha value is -2.28. The van der Waals surface area contributed by atoms with E-state index in [1.807, 2.05) is 6.07 Å². The first-order valence-corrected chi connectivity index (χ1v) is 7.78. The second-order valence-electron chi connectivity index (χ2n) is 5.00. The highest BCUT2D eigenvalue weighted by Gasteiger charge is 2.24. The summed E-state index contributed by atoms with van der Waals surface area (Å²) in [4.78, 5) is 24.1. The van der Waals surface area contributed by atoms with E-state index < -0.39 is 29.6 Å². The molecule has 4 nitrogen and oxygen atoms in total. The van der Waals surface area contributed by atoms with Crippen LogP contribution >= 0.6 is 15.9 Å². The molecule has 7 heteroatoms. The third-order valence-electron chi connectivity index (χ3n) is 3.30. The monoisotopic (exact) mass is 397 g/mol. The van der Waals surface area contributed by atoms with Crippen molar-refractivity contribution in [2.24, 2.45) is 0 Å². The van der Waals surface area contributed by atoms with E-state index in [1.165, 1.54) is 7.11 Å². The minimum absolute atomic E-state index is 0.164. The normalized spacial score (nSPS) is 11.7. The molecule has 0 aromatic heterocycles. The molecule has 2 rings (SSSR count). The van der Waals surface area contributed by atoms with Crippen LogP contribution in [0.3, 0.4) is 0 Å². The van der Waals surface area contributed by atoms with Gasteiger partial charge in [0, 0.05) is 22.5 Å². The summed E-state index contributed by atoms with van der Waals surface area (Å²) in [7, 11) is 1.20. The number of methoxy groups -OCH3 is 1. The number of ether oxygens (including phenoxy) is 1. The van der Waals surface area contributed by atoms with Crippen molar-refractivity contribution in [3.05, 3.63) is 69.7 Å². The van der Waals surface area contributed by atoms with E-state index in [2.05, 4.69) is 21.2 Å². The Morgan fingerprint density at radius 1 is 1.17 bits per heavy atom. The predicted octanol–water partition coefficient (Wildman–Crippen LogP) is 3.24. The van der Waals surface area contributed by atoms with Gasteiger partial charge in [0.05, 0.1) is 7.11 Å². The first-order valence-electron chi connectivity index (χ1n) is 6.99. The lowest BCUT2D eigenvalue weighted by Crippen LogP contribution is -2.43. The molecule has 0 radical (unpaired) electrons. The average molecular weight is 398 g/mol. The molecule has 0 saturated carbocycles. The van der Waals surface area contributed by atoms with Crippen molar-refractivity contribution in [3.63, 3.8) is 0 Å². The molecule has 126 valence electrons. The van der Waals surface area contributed by atoms with Crippen LogP contribution in [0.1, 0.15) is 15.9 Å². The predicted molar refractivity (Wildman–Crippen MR) is 87.5 cm³/mol. The maximum absolute atomic E-state index is 13.2. The fourth-order valence-electron chi connectivity index (χ4n) is 2.15. The van der Waals surface area contributed by atoms with E-state index in [0.29, 0.717) is 6.07 Å². The minimum Gasteiger partial charge on any atom is -0.467 e. The lowest BCUT2D eigenvalue weighted by atomic mass is 10.1. The lowest BCUT2D eigenvalue weighted by molar-refractivity contribution is -0.142. The number of carbonyl (C=O) groups excluding carboxylic acids is 2. The SMILES string of the molecule is COC(=O)[C@@H](Cc1ccccc1Br)NC(=O)c1cc(F)cc(F)c1. The molecular weight excluding hydrogens is 384 g/mol. The number of nitrogens with one attached hydrogen (secondary N) is 1. The Morgan fingerprint density at radius 3 is 2.38 bits per heavy atom. The van der Waals surface area contributed by atoms with Gasteiger partial charge in [0.1, 0.15) is 17.7 Å². The second kappa shape index (κ2) is 8.01. The number of benzene rings is 2. The molecule has 0 unspecified atom stereocenters. The lowest BCUT2D eigenvalue weighted by Gasteiger charge is -2.17. The molecule has 2 aromatic carbocycles. The minimum atomic E-state index is -0.993. The summed E-state index contributed by atoms with van der Waals surface area (Å²) in [5, 5.41) is 2.45. The summed E-state index contributed by atoms with van der Waals surface area (Å²) < 4.78 is 31.9. The average Bonchev–Trinajstić information content (AvgIpc) is 2.54. The van der Waals surface area contributed by atoms with Gasteiger partial charge in [-0.25, -0.2) is 13.6 Å². The number of amides is 1. The zero-order valence-corrected chi connectivity index (χ0v) is 14.3. The van der Waals surface area contributed by atoms with Crippen LogP contribution < -0.4 is 5.32 Å². The first-order chi connectivity index (χ1) is 11.4. The van der Waals surface area contributed by atoms with Crippen molar-refractivity contribution < 1.29 is 23.1 Å². The highest BCUT2D eigenvalue weighted by molar-refractivity contribution is 9.10. The van der Waals surface area contributed by atoms with Crippen LogP contribution in [0.5, 0.6) is 0 Å². The van der Waals surface area contributed by atoms with Gasteiger partial charge in [-0.2, -0.15) is 0 Å². The fraction of sp³-hybridized carbons (Fsp3) is 0.176. The number of rotatable bonds is 5. The van der Waals surface area contributed by atoms with E-state index in [4.69, 9.17) is 4.74 Å². The Labute approximate surface area is 145 Å². The van der Waals surface area contributed by atoms with Gasteiger partial charge >= 0.3 is 5.97 Å². The highest BCUT2D eigenvalue weighted by atomic mass is 79.9. The van der Waals surface area contributed by atoms with Gasteiger partial charge in [-0.15, -0.1) is 0 Å². The van der Waals surface area contributed by atoms with Gasteiger partial charge in [0.15, 0.2) is 0 Å². The number of halogens is 3. The quantitative estimate of drug-likeness (QED) is 0.787. The topological polar surface area (TPSA) is 55.4 Å². The Morgan fingerprint density at radius 2 is 1.79 bits per heavy atom. The van der Waals surface area contributed by atoms with Crippen molar-refractivity contribution >= 4 is 27.8 Å². The molecule has 1 amide bonds. The van der Waals surface area contributed by atoms with Gasteiger partial charge < -0.3 is 10.1 Å². The van der Waals surface area contributed by atoms with Crippen LogP contribution in [0.25, 0.3) is 0 Å². The molecule has 0 fully saturated rings. The molecule has 0 spiro atoms. The van der Waals surface area contributed by atoms with Crippen molar-refractivity contribution in [3.8, 4) is 0 Å². The van der Waals surface area contributed by atoms with E-state index in [0.717, 1.165) is 22.2 Å². The van der Waals surface area contributed by atoms with Gasteiger partial charge in [0.25, 0.3) is 5.91 Å². The molecule has 1 atom stereocenters. The summed E-state index contributed by atoms with van der Waals surface area (Å²) in [6, 6.07) is 8.65. The first kappa shape index (κ1) is 18.1. The number of hydrogen-bond donors (Lipinski definition) is 1. The fourth-order valence-corrected chi connectivity index (χ4v) is 2.59. The van der Waals surface area contributed by atoms with E-state index in [-0.39, 0.29) is 12.0 Å². The van der Waals surface area contributed by atoms with Crippen LogP contribution in [0.2, 0.25) is 0 Å². The number of hydrogen-bond acceptors (Lipinski definition) is 3. The second-order valence-corrected chi connectivity index (χ2v) is 5.86. The molecule has 0 saturated heterocycles. The maximum Gasteiger partial charge on any atom is 0.328 e. The van der Waals surface area contributed by atoms with Crippen LogP contribution in [0.15, 0.2) is 46.9 Å². The van der Waals surface area contributed by atoms with E-state index in [1.54, 1.807) is 18.2 Å². The Balaban J connectivity index is 2.21. The summed E-state index contributed by atoms with van der Waals surface area (Å²) in [6.45, 7) is 0. The standard InChI is InChI=1S/C17H14BrF2NO3/c1-24-17(23)15(8-10-4-2-3-5-14(10)18)21-16(22)11-6-12(19)9-13(20)7-11/h2-7,9,15H,8H2,1H3,(H,21,22)/t15-/m1/s1. The molecule has 1 N–H and O–H groups in total. The molecule has 0 bridgehead atoms. The molecule has 0 aliphatic carbocycles. The Kier molecular flexibility index (Phi) is 6.03. The molecule has 0 heterocycles. The number of carbonyl (C=O) groups is 2. The van der Waals surface area contributed by atoms with Crippen molar-refractivity contribution in [1.29, 1.82) is 0 Å². The zero-order valence-electron chi connectivity index (χ0n) is 12.7. The summed E-state index contributed by atoms with van der Waals surface area (Å²) in [5.74, 6) is -3.17. The largest absolute Gasteiger partial charge is 0.467 e. The molecular formula is C17H14BrF2NO3. The summed E-state index contributed by atoms with van der Waals surface area (Å²) in [5.41, 5.74) is 0.562. The van der Waals surface area contributed by atoms with Crippen LogP contribution in [-0.2, 0) is 16.0 Å². The van der Waals surface area contributed by atoms with Crippen LogP contribution in [0, 0.1) is 11.6 Å². The maximum atomic E-state index is 13.2. The van der Waals surface area contributed by atoms with Crippen LogP contribution in [-0.4, -0.2) is 25.0 Å². The molecule has 0 aliphatic heterocycles. The van der Waals surface area contributed by atoms with Gasteiger partial charge in [-0.05, 0) is 23.8 Å². The van der Waals surface area contributed by atoms with E-state index >= 15 is 0 Å². The molecule has 0 aliphatic rings. The van der Waals surface area contributed by atoms with Gasteiger partial charge in [-0.1, -0.05) is 34.1 Å². The summed E-state index contributed by atoms with van der Waals surface area (Å²) in [6.07, 6.45) is 0.164. The van der Waals surface area contributed by atoms with Crippen LogP contribution in [0.4, 0.5) is 8.78 Å². The summed E-state index contributed by atoms with van der Waals surface area (Å²) >= 11 is 3.36. The van der Waals surface area contributed by atoms with Gasteiger partial charge in [0.2, 0.25) is 0 Å². The molecule has 2 aromatic rings.